The Balaban J connectivity index is 0.000000241. The molecule has 2 aromatic carbocycles. The Bertz CT molecular complexity index is 3120. The molecule has 80 heavy (non-hydrogen) atoms. The van der Waals surface area contributed by atoms with Crippen LogP contribution >= 0.6 is 42.1 Å². The number of anilines is 2. The molecule has 4 aliphatic heterocycles. The summed E-state index contributed by atoms with van der Waals surface area (Å²) in [7, 11) is -0.314. The van der Waals surface area contributed by atoms with Crippen LogP contribution in [-0.2, 0) is 74.7 Å². The Morgan fingerprint density at radius 1 is 0.825 bits per heavy atom. The molecule has 8 rings (SSSR count). The van der Waals surface area contributed by atoms with Crippen molar-refractivity contribution in [1.29, 1.82) is 0 Å². The summed E-state index contributed by atoms with van der Waals surface area (Å²) in [5.41, 5.74) is 4.68. The third kappa shape index (κ3) is 15.1. The second kappa shape index (κ2) is 24.6. The number of phosphoric acid groups is 1. The maximum Gasteiger partial charge on any atom is 0.477 e. The van der Waals surface area contributed by atoms with Crippen LogP contribution in [0.1, 0.15) is 145 Å². The van der Waals surface area contributed by atoms with Crippen LogP contribution < -0.4 is 26.2 Å². The molecule has 0 saturated carbocycles. The van der Waals surface area contributed by atoms with Gasteiger partial charge in [-0.15, -0.1) is 22.7 Å². The van der Waals surface area contributed by atoms with Gasteiger partial charge in [0.1, 0.15) is 18.8 Å². The third-order valence-electron chi connectivity index (χ3n) is 13.7. The van der Waals surface area contributed by atoms with Gasteiger partial charge in [0.2, 0.25) is 23.6 Å². The minimum absolute atomic E-state index is 0.00303. The number of halogens is 1. The number of carbonyl (C=O) groups excluding carboxylic acids is 8. The van der Waals surface area contributed by atoms with E-state index < -0.39 is 61.0 Å². The molecule has 20 nitrogen and oxygen atoms in total. The first kappa shape index (κ1) is 61.6. The molecule has 6 heterocycles. The number of hydrogen-bond acceptors (Lipinski definition) is 15. The average Bonchev–Trinajstić information content (AvgIpc) is 4.32. The van der Waals surface area contributed by atoms with Crippen molar-refractivity contribution in [2.75, 3.05) is 31.0 Å². The molecule has 0 spiro atoms. The molecular formula is C56H72ClN8O12PS2. The zero-order valence-corrected chi connectivity index (χ0v) is 50.7. The Morgan fingerprint density at radius 2 is 1.49 bits per heavy atom. The largest absolute Gasteiger partial charge is 0.477 e. The van der Waals surface area contributed by atoms with Gasteiger partial charge in [0.05, 0.1) is 34.7 Å². The van der Waals surface area contributed by atoms with Crippen LogP contribution in [0.4, 0.5) is 16.2 Å². The standard InChI is InChI=1S/C31H44N5O8PS.C25H28ClN3O4S/c1-19-10-11-21(15-24(19)34(8)9)33-29(40)32-16-22-14-20-17-35(28(39)26(20)46-22)23-12-13-25(37)36(27(23)38)18-42-45(41,43-30(2,3)4)44-31(5,6)7;1-14-4-5-15(10-18(14)26)8-9-25(2,3)24(33)27-11-20-16-12-29(23(32)17(16)13-34-20)19-6-7-21(30)28-22(19)31/h10-11,14-15,23H,12-13,16-18H2,1-9H3,(H2,32,33,40);4-5,10,13,19H,6-9,11-12H2,1-3H3,(H,27,33)(H,28,30,31). The molecule has 0 radical (unpaired) electrons. The Labute approximate surface area is 480 Å². The SMILES string of the molecule is Cc1ccc(CCC(C)(C)C(=O)NCc2scc3c2CN(C2CCC(=O)NC2=O)C3=O)cc1Cl.Cc1ccc(NC(=O)NCc2cc3c(s2)C(=O)N(C2CCC(=O)N(COP(=O)(OC(C)(C)C)OC(C)(C)C)C2=O)C3)cc1N(C)C. The Kier molecular flexibility index (Phi) is 19.0. The third-order valence-corrected chi connectivity index (χ3v) is 18.3. The number of fused-ring (bicyclic) bond motifs is 2. The first-order chi connectivity index (χ1) is 37.3. The zero-order valence-electron chi connectivity index (χ0n) is 47.4. The van der Waals surface area contributed by atoms with Crippen molar-refractivity contribution in [2.45, 2.75) is 157 Å². The van der Waals surface area contributed by atoms with E-state index in [0.717, 1.165) is 59.6 Å². The van der Waals surface area contributed by atoms with Crippen molar-refractivity contribution < 1.29 is 56.5 Å². The minimum atomic E-state index is -4.19. The molecule has 4 aliphatic rings. The van der Waals surface area contributed by atoms with E-state index in [-0.39, 0.29) is 62.0 Å². The van der Waals surface area contributed by atoms with Gasteiger partial charge in [0.25, 0.3) is 17.7 Å². The lowest BCUT2D eigenvalue weighted by molar-refractivity contribution is -0.156. The maximum atomic E-state index is 13.5. The average molecular weight is 1180 g/mol. The predicted molar refractivity (Wildman–Crippen MR) is 306 cm³/mol. The van der Waals surface area contributed by atoms with Crippen LogP contribution in [0.5, 0.6) is 0 Å². The van der Waals surface area contributed by atoms with Gasteiger partial charge in [0.15, 0.2) is 0 Å². The highest BCUT2D eigenvalue weighted by Crippen LogP contribution is 2.55. The number of nitrogens with zero attached hydrogens (tertiary/aromatic N) is 4. The first-order valence-electron chi connectivity index (χ1n) is 26.3. The number of imide groups is 2. The summed E-state index contributed by atoms with van der Waals surface area (Å²) in [5.74, 6) is -2.43. The molecule has 2 unspecified atom stereocenters. The summed E-state index contributed by atoms with van der Waals surface area (Å²) in [4.78, 5) is 110. The molecule has 2 aromatic heterocycles. The number of benzene rings is 2. The monoisotopic (exact) mass is 1180 g/mol. The summed E-state index contributed by atoms with van der Waals surface area (Å²) in [6, 6.07) is 11.6. The molecule has 4 N–H and O–H groups in total. The second-order valence-corrected chi connectivity index (χ2v) is 27.2. The molecule has 4 aromatic rings. The molecule has 24 heteroatoms. The second-order valence-electron chi connectivity index (χ2n) is 23.1. The van der Waals surface area contributed by atoms with Gasteiger partial charge in [-0.3, -0.25) is 57.3 Å². The quantitative estimate of drug-likeness (QED) is 0.0570. The van der Waals surface area contributed by atoms with E-state index in [0.29, 0.717) is 42.1 Å². The number of aryl methyl sites for hydroxylation is 3. The molecule has 2 atom stereocenters. The van der Waals surface area contributed by atoms with Crippen LogP contribution in [0.2, 0.25) is 5.02 Å². The number of thiophene rings is 2. The maximum absolute atomic E-state index is 13.5. The number of nitrogens with one attached hydrogen (secondary N) is 4. The summed E-state index contributed by atoms with van der Waals surface area (Å²) < 4.78 is 30.2. The van der Waals surface area contributed by atoms with Gasteiger partial charge in [0, 0.05) is 77.0 Å². The lowest BCUT2D eigenvalue weighted by atomic mass is 9.85. The van der Waals surface area contributed by atoms with E-state index in [4.69, 9.17) is 25.2 Å². The van der Waals surface area contributed by atoms with Crippen molar-refractivity contribution in [1.82, 2.24) is 30.7 Å². The van der Waals surface area contributed by atoms with Gasteiger partial charge < -0.3 is 30.7 Å². The van der Waals surface area contributed by atoms with E-state index >= 15 is 0 Å². The topological polar surface area (TPSA) is 242 Å². The van der Waals surface area contributed by atoms with Crippen molar-refractivity contribution in [3.8, 4) is 0 Å². The van der Waals surface area contributed by atoms with E-state index in [1.54, 1.807) is 46.9 Å². The van der Waals surface area contributed by atoms with Gasteiger partial charge in [-0.05, 0) is 133 Å². The minimum Gasteiger partial charge on any atom is -0.377 e. The van der Waals surface area contributed by atoms with Crippen LogP contribution in [0.15, 0.2) is 47.8 Å². The molecular weight excluding hydrogens is 1110 g/mol. The highest BCUT2D eigenvalue weighted by Gasteiger charge is 2.46. The lowest BCUT2D eigenvalue weighted by Crippen LogP contribution is -2.55. The van der Waals surface area contributed by atoms with Crippen molar-refractivity contribution in [3.05, 3.63) is 101 Å². The summed E-state index contributed by atoms with van der Waals surface area (Å²) in [5, 5.41) is 13.5. The molecule has 9 amide bonds. The number of rotatable bonds is 17. The Morgan fingerprint density at radius 3 is 2.12 bits per heavy atom. The Hall–Kier alpha value is -6.00. The van der Waals surface area contributed by atoms with Crippen LogP contribution in [0.3, 0.4) is 0 Å². The van der Waals surface area contributed by atoms with Gasteiger partial charge in [-0.25, -0.2) is 9.36 Å². The molecule has 0 bridgehead atoms. The smallest absolute Gasteiger partial charge is 0.377 e. The van der Waals surface area contributed by atoms with E-state index in [2.05, 4.69) is 21.3 Å². The normalized spacial score (nSPS) is 17.7. The van der Waals surface area contributed by atoms with E-state index in [9.17, 15) is 42.9 Å². The number of likely N-dealkylation sites (tertiary alicyclic amines) is 1. The number of hydrogen-bond donors (Lipinski definition) is 4. The van der Waals surface area contributed by atoms with Crippen molar-refractivity contribution >= 4 is 101 Å². The van der Waals surface area contributed by atoms with E-state index in [1.807, 2.05) is 89.2 Å². The fourth-order valence-electron chi connectivity index (χ4n) is 9.45. The number of amides is 9. The van der Waals surface area contributed by atoms with Gasteiger partial charge in [-0.1, -0.05) is 43.6 Å². The van der Waals surface area contributed by atoms with Crippen LogP contribution in [-0.4, -0.2) is 106 Å². The number of phosphoric ester groups is 1. The van der Waals surface area contributed by atoms with Gasteiger partial charge in [-0.2, -0.15) is 0 Å². The fourth-order valence-corrected chi connectivity index (χ4v) is 13.4. The molecule has 432 valence electrons. The summed E-state index contributed by atoms with van der Waals surface area (Å²) in [6.45, 7) is 18.3. The predicted octanol–water partition coefficient (Wildman–Crippen LogP) is 9.38. The zero-order chi connectivity index (χ0) is 58.8. The van der Waals surface area contributed by atoms with Gasteiger partial charge >= 0.3 is 13.9 Å². The van der Waals surface area contributed by atoms with E-state index in [1.165, 1.54) is 32.5 Å². The summed E-state index contributed by atoms with van der Waals surface area (Å²) in [6.07, 6.45) is 2.12. The molecule has 2 saturated heterocycles. The number of carbonyl (C=O) groups is 8. The summed E-state index contributed by atoms with van der Waals surface area (Å²) >= 11 is 8.92. The first-order valence-corrected chi connectivity index (χ1v) is 29.9. The van der Waals surface area contributed by atoms with Crippen LogP contribution in [0.25, 0.3) is 0 Å². The van der Waals surface area contributed by atoms with Crippen LogP contribution in [0, 0.1) is 19.3 Å². The van der Waals surface area contributed by atoms with Crippen molar-refractivity contribution in [3.63, 3.8) is 0 Å². The molecule has 2 fully saturated rings. The number of urea groups is 1. The lowest BCUT2D eigenvalue weighted by Gasteiger charge is -2.36. The van der Waals surface area contributed by atoms with Crippen molar-refractivity contribution in [2.24, 2.45) is 5.41 Å². The highest BCUT2D eigenvalue weighted by atomic mass is 35.5. The fraction of sp³-hybridized carbons (Fsp3) is 0.500. The molecule has 0 aliphatic carbocycles. The highest BCUT2D eigenvalue weighted by molar-refractivity contribution is 7.48. The number of piperidine rings is 2.